The van der Waals surface area contributed by atoms with E-state index in [0.717, 1.165) is 0 Å². The van der Waals surface area contributed by atoms with E-state index in [4.69, 9.17) is 0 Å². The molecule has 0 saturated heterocycles. The Morgan fingerprint density at radius 1 is 1.00 bits per heavy atom. The van der Waals surface area contributed by atoms with E-state index in [2.05, 4.69) is 96.2 Å². The zero-order chi connectivity index (χ0) is 17.0. The second kappa shape index (κ2) is 11.2. The first-order valence-corrected chi connectivity index (χ1v) is 15.0. The van der Waals surface area contributed by atoms with Gasteiger partial charge < -0.3 is 24.8 Å². The molecular formula is C19H34Cl2NSiZr. The minimum Gasteiger partial charge on any atom is -1.00 e. The molecule has 1 aromatic heterocycles. The van der Waals surface area contributed by atoms with Gasteiger partial charge in [0.25, 0.3) is 0 Å². The first kappa shape index (κ1) is 26.7. The van der Waals surface area contributed by atoms with Gasteiger partial charge in [0.15, 0.2) is 0 Å². The van der Waals surface area contributed by atoms with Gasteiger partial charge in [-0.25, -0.2) is 0 Å². The molecule has 0 aromatic carbocycles. The molecule has 0 radical (unpaired) electrons. The second-order valence-electron chi connectivity index (χ2n) is 8.49. The van der Waals surface area contributed by atoms with E-state index in [0.29, 0.717) is 6.25 Å². The summed E-state index contributed by atoms with van der Waals surface area (Å²) in [6.45, 7) is 19.1. The minimum atomic E-state index is -1.61. The normalized spacial score (nSPS) is 13.5. The van der Waals surface area contributed by atoms with Crippen molar-refractivity contribution in [2.75, 3.05) is 0 Å². The number of allylic oxidation sites excluding steroid dienone is 4. The maximum absolute atomic E-state index is 3.44. The Balaban J connectivity index is 0. The fourth-order valence-corrected chi connectivity index (χ4v) is 15.1. The third-order valence-corrected chi connectivity index (χ3v) is 15.3. The van der Waals surface area contributed by atoms with Gasteiger partial charge in [-0.1, -0.05) is 36.5 Å². The molecular weight excluding hydrogens is 432 g/mol. The maximum Gasteiger partial charge on any atom is 0.0599 e. The van der Waals surface area contributed by atoms with Crippen molar-refractivity contribution >= 4 is 12.2 Å². The molecule has 0 atom stereocenters. The van der Waals surface area contributed by atoms with E-state index in [1.165, 1.54) is 6.42 Å². The third kappa shape index (κ3) is 8.70. The number of hydrogen-bond acceptors (Lipinski definition) is 0. The zero-order valence-corrected chi connectivity index (χ0v) is 21.6. The van der Waals surface area contributed by atoms with Crippen molar-refractivity contribution in [3.63, 3.8) is 0 Å². The molecule has 1 heterocycles. The number of aromatic nitrogens is 1. The number of aromatic amines is 1. The van der Waals surface area contributed by atoms with Crippen LogP contribution in [0.15, 0.2) is 41.8 Å². The summed E-state index contributed by atoms with van der Waals surface area (Å²) in [7, 11) is -0.424. The average Bonchev–Trinajstić information content (AvgIpc) is 2.97. The molecule has 1 nitrogen and oxygen atoms in total. The fraction of sp³-hybridized carbons (Fsp3) is 0.579. The molecule has 2 rings (SSSR count). The Bertz CT molecular complexity index is 494. The van der Waals surface area contributed by atoms with Crippen molar-refractivity contribution in [1.82, 2.24) is 4.98 Å². The molecule has 0 bridgehead atoms. The summed E-state index contributed by atoms with van der Waals surface area (Å²) in [6, 6.07) is 4.42. The van der Waals surface area contributed by atoms with Crippen molar-refractivity contribution < 1.29 is 46.6 Å². The molecule has 137 valence electrons. The molecule has 1 aliphatic carbocycles. The van der Waals surface area contributed by atoms with Crippen molar-refractivity contribution in [1.29, 1.82) is 0 Å². The van der Waals surface area contributed by atoms with Crippen molar-refractivity contribution in [2.45, 2.75) is 67.3 Å². The molecule has 5 heteroatoms. The molecule has 0 unspecified atom stereocenters. The van der Waals surface area contributed by atoms with Gasteiger partial charge in [0.2, 0.25) is 0 Å². The molecule has 0 saturated carbocycles. The Hall–Kier alpha value is 0.440. The molecule has 1 N–H and O–H groups in total. The van der Waals surface area contributed by atoms with Crippen LogP contribution in [-0.4, -0.2) is 13.8 Å². The molecule has 0 spiro atoms. The van der Waals surface area contributed by atoms with Gasteiger partial charge in [0.05, 0.1) is 8.80 Å². The minimum absolute atomic E-state index is 0. The maximum atomic E-state index is 3.44. The van der Waals surface area contributed by atoms with Gasteiger partial charge in [-0.15, -0.1) is 0 Å². The van der Waals surface area contributed by atoms with Gasteiger partial charge in [0, 0.05) is 0 Å². The standard InChI is InChI=1S/C7H12Si.C4H4N.2C4H9.2ClH.Zr/c1-8(2)7-5-3-4-6-7;1-2-4-5-3-1;2*1-4(2)3;;;/h3-5,8H,6H2,1-2H3;1-3,5H;2*1-3H3;2*1H;/q;;;;;;+2/p-2. The Labute approximate surface area is 171 Å². The van der Waals surface area contributed by atoms with Crippen LogP contribution in [0.25, 0.3) is 0 Å². The van der Waals surface area contributed by atoms with Crippen LogP contribution < -0.4 is 28.2 Å². The number of hydrogen-bond donors (Lipinski definition) is 1. The van der Waals surface area contributed by atoms with E-state index in [-0.39, 0.29) is 24.8 Å². The van der Waals surface area contributed by atoms with E-state index < -0.39 is 30.5 Å². The summed E-state index contributed by atoms with van der Waals surface area (Å²) in [5.41, 5.74) is 0. The van der Waals surface area contributed by atoms with E-state index in [1.807, 2.05) is 0 Å². The quantitative estimate of drug-likeness (QED) is 0.571. The largest absolute Gasteiger partial charge is 1.00 e. The topological polar surface area (TPSA) is 15.8 Å². The molecule has 24 heavy (non-hydrogen) atoms. The summed E-state index contributed by atoms with van der Waals surface area (Å²) in [4.78, 5) is 3.44. The molecule has 0 aliphatic heterocycles. The summed E-state index contributed by atoms with van der Waals surface area (Å²) in [5, 5.41) is 1.70. The summed E-state index contributed by atoms with van der Waals surface area (Å²) in [5.74, 6) is 0. The first-order chi connectivity index (χ1) is 10.0. The van der Waals surface area contributed by atoms with Crippen LogP contribution >= 0.6 is 0 Å². The molecule has 1 aromatic rings. The Morgan fingerprint density at radius 3 is 1.79 bits per heavy atom. The van der Waals surface area contributed by atoms with Gasteiger partial charge in [0.1, 0.15) is 0 Å². The SMILES string of the molecule is C[C](C)(C)[Zr+2]([c]1ccc[nH]1)[C](C)(C)C.C[SiH](C)C1=CC=CC1.[Cl-].[Cl-]. The van der Waals surface area contributed by atoms with Crippen molar-refractivity contribution in [2.24, 2.45) is 0 Å². The fourth-order valence-electron chi connectivity index (χ4n) is 3.31. The van der Waals surface area contributed by atoms with Crippen LogP contribution in [0.3, 0.4) is 0 Å². The number of halogens is 2. The molecule has 0 amide bonds. The Morgan fingerprint density at radius 2 is 1.54 bits per heavy atom. The van der Waals surface area contributed by atoms with E-state index in [1.54, 1.807) is 8.60 Å². The number of H-pyrrole nitrogens is 1. The third-order valence-electron chi connectivity index (χ3n) is 3.91. The van der Waals surface area contributed by atoms with Crippen LogP contribution in [0.4, 0.5) is 0 Å². The van der Waals surface area contributed by atoms with Gasteiger partial charge >= 0.3 is 96.3 Å². The van der Waals surface area contributed by atoms with Gasteiger partial charge in [-0.05, 0) is 6.42 Å². The predicted octanol–water partition coefficient (Wildman–Crippen LogP) is -0.398. The van der Waals surface area contributed by atoms with E-state index in [9.17, 15) is 0 Å². The van der Waals surface area contributed by atoms with Crippen LogP contribution in [0.5, 0.6) is 0 Å². The van der Waals surface area contributed by atoms with Crippen LogP contribution in [0.1, 0.15) is 48.0 Å². The zero-order valence-electron chi connectivity index (χ0n) is 16.5. The summed E-state index contributed by atoms with van der Waals surface area (Å²) < 4.78 is 2.53. The number of rotatable bonds is 2. The van der Waals surface area contributed by atoms with Crippen LogP contribution in [-0.2, 0) is 21.8 Å². The predicted molar refractivity (Wildman–Crippen MR) is 101 cm³/mol. The molecule has 0 fully saturated rings. The summed E-state index contributed by atoms with van der Waals surface area (Å²) in [6.07, 6.45) is 9.98. The number of nitrogens with one attached hydrogen (secondary N) is 1. The van der Waals surface area contributed by atoms with Gasteiger partial charge in [-0.3, -0.25) is 0 Å². The monoisotopic (exact) mass is 464 g/mol. The van der Waals surface area contributed by atoms with Crippen LogP contribution in [0, 0.1) is 0 Å². The second-order valence-corrected chi connectivity index (χ2v) is 22.1. The smallest absolute Gasteiger partial charge is 0.0599 e. The van der Waals surface area contributed by atoms with Crippen molar-refractivity contribution in [3.05, 3.63) is 41.8 Å². The van der Waals surface area contributed by atoms with Gasteiger partial charge in [-0.2, -0.15) is 0 Å². The average molecular weight is 467 g/mol. The van der Waals surface area contributed by atoms with Crippen molar-refractivity contribution in [3.8, 4) is 0 Å². The molecule has 1 aliphatic rings. The van der Waals surface area contributed by atoms with E-state index >= 15 is 0 Å². The Kier molecular flexibility index (Phi) is 12.5. The summed E-state index contributed by atoms with van der Waals surface area (Å²) >= 11 is -1.61. The first-order valence-electron chi connectivity index (χ1n) is 8.40. The van der Waals surface area contributed by atoms with Crippen LogP contribution in [0.2, 0.25) is 19.3 Å².